The van der Waals surface area contributed by atoms with Gasteiger partial charge in [-0.2, -0.15) is 0 Å². The molecule has 6 heteroatoms. The van der Waals surface area contributed by atoms with Crippen LogP contribution in [0.4, 0.5) is 5.69 Å². The number of fused-ring (bicyclic) bond motifs is 1. The number of nitrogen functional groups attached to an aromatic ring is 1. The van der Waals surface area contributed by atoms with Gasteiger partial charge in [0.1, 0.15) is 12.0 Å². The van der Waals surface area contributed by atoms with Crippen LogP contribution < -0.4 is 5.73 Å². The molecule has 0 bridgehead atoms. The number of carbonyl (C=O) groups is 1. The summed E-state index contributed by atoms with van der Waals surface area (Å²) in [6, 6.07) is 5.26. The number of nitrogens with zero attached hydrogens (tertiary/aromatic N) is 3. The Hall–Kier alpha value is -2.76. The Morgan fingerprint density at radius 1 is 1.35 bits per heavy atom. The largest absolute Gasteiger partial charge is 0.504 e. The summed E-state index contributed by atoms with van der Waals surface area (Å²) in [5.41, 5.74) is 8.74. The Balaban J connectivity index is 2.32. The molecule has 0 amide bonds. The number of anilines is 1. The summed E-state index contributed by atoms with van der Waals surface area (Å²) in [5, 5.41) is 10.1. The summed E-state index contributed by atoms with van der Waals surface area (Å²) in [6.07, 6.45) is 2.44. The highest BCUT2D eigenvalue weighted by Crippen LogP contribution is 2.35. The molecule has 3 aromatic rings. The number of benzene rings is 1. The third-order valence-electron chi connectivity index (χ3n) is 3.44. The van der Waals surface area contributed by atoms with E-state index in [0.717, 1.165) is 17.3 Å². The van der Waals surface area contributed by atoms with Crippen molar-refractivity contribution < 1.29 is 9.90 Å². The lowest BCUT2D eigenvalue weighted by molar-refractivity contribution is 0.112. The van der Waals surface area contributed by atoms with E-state index in [1.165, 1.54) is 0 Å². The maximum atomic E-state index is 10.9. The highest BCUT2D eigenvalue weighted by molar-refractivity contribution is 5.88. The van der Waals surface area contributed by atoms with Gasteiger partial charge in [-0.3, -0.25) is 4.79 Å². The fourth-order valence-corrected chi connectivity index (χ4v) is 2.39. The van der Waals surface area contributed by atoms with Crippen molar-refractivity contribution in [3.8, 4) is 17.3 Å². The molecule has 102 valence electrons. The number of aromatic nitrogens is 3. The number of nitrogens with two attached hydrogens (primary N) is 1. The second-order valence-electron chi connectivity index (χ2n) is 4.75. The predicted octanol–water partition coefficient (Wildman–Crippen LogP) is 1.68. The monoisotopic (exact) mass is 270 g/mol. The zero-order valence-corrected chi connectivity index (χ0v) is 11.2. The van der Waals surface area contributed by atoms with Crippen LogP contribution in [0.25, 0.3) is 22.6 Å². The molecule has 2 heterocycles. The topological polar surface area (TPSA) is 86.1 Å². The molecule has 0 aliphatic carbocycles. The van der Waals surface area contributed by atoms with Gasteiger partial charge in [-0.05, 0) is 18.2 Å². The van der Waals surface area contributed by atoms with Crippen LogP contribution in [-0.4, -0.2) is 25.5 Å². The number of carbonyl (C=O) groups excluding carboxylic acids is 1. The summed E-state index contributed by atoms with van der Waals surface area (Å²) in [5.74, 6) is 0.612. The van der Waals surface area contributed by atoms with Crippen molar-refractivity contribution in [1.29, 1.82) is 0 Å². The van der Waals surface area contributed by atoms with E-state index in [9.17, 15) is 9.90 Å². The van der Waals surface area contributed by atoms with Gasteiger partial charge in [0.05, 0.1) is 16.7 Å². The van der Waals surface area contributed by atoms with Gasteiger partial charge in [-0.25, -0.2) is 4.98 Å². The quantitative estimate of drug-likeness (QED) is 0.694. The number of aryl methyl sites for hydroxylation is 2. The van der Waals surface area contributed by atoms with Crippen LogP contribution in [0.5, 0.6) is 5.75 Å². The second-order valence-corrected chi connectivity index (χ2v) is 4.75. The third-order valence-corrected chi connectivity index (χ3v) is 3.44. The maximum Gasteiger partial charge on any atom is 0.167 e. The number of aromatic hydroxyl groups is 1. The smallest absolute Gasteiger partial charge is 0.167 e. The van der Waals surface area contributed by atoms with E-state index in [1.54, 1.807) is 36.0 Å². The summed E-state index contributed by atoms with van der Waals surface area (Å²) in [6.45, 7) is 0. The standard InChI is InChI=1S/C14H14N4O2/c1-17-6-9(15)13(20)12(17)14-16-10-4-3-8(7-19)5-11(10)18(14)2/h3-7,20H,15H2,1-2H3. The van der Waals surface area contributed by atoms with Crippen molar-refractivity contribution in [2.24, 2.45) is 14.1 Å². The molecule has 0 spiro atoms. The molecular weight excluding hydrogens is 256 g/mol. The molecule has 3 rings (SSSR count). The van der Waals surface area contributed by atoms with Crippen molar-refractivity contribution in [2.75, 3.05) is 5.73 Å². The van der Waals surface area contributed by atoms with Crippen molar-refractivity contribution in [3.05, 3.63) is 30.0 Å². The van der Waals surface area contributed by atoms with E-state index >= 15 is 0 Å². The predicted molar refractivity (Wildman–Crippen MR) is 76.6 cm³/mol. The average Bonchev–Trinajstić information content (AvgIpc) is 2.87. The zero-order valence-electron chi connectivity index (χ0n) is 11.2. The van der Waals surface area contributed by atoms with E-state index in [-0.39, 0.29) is 5.75 Å². The summed E-state index contributed by atoms with van der Waals surface area (Å²) in [4.78, 5) is 15.4. The molecule has 0 radical (unpaired) electrons. The number of rotatable bonds is 2. The van der Waals surface area contributed by atoms with Crippen LogP contribution in [-0.2, 0) is 14.1 Å². The van der Waals surface area contributed by atoms with Crippen molar-refractivity contribution in [2.45, 2.75) is 0 Å². The number of imidazole rings is 1. The van der Waals surface area contributed by atoms with Crippen LogP contribution in [0, 0.1) is 0 Å². The molecule has 0 unspecified atom stereocenters. The minimum Gasteiger partial charge on any atom is -0.504 e. The van der Waals surface area contributed by atoms with Crippen LogP contribution >= 0.6 is 0 Å². The lowest BCUT2D eigenvalue weighted by Gasteiger charge is -2.04. The lowest BCUT2D eigenvalue weighted by atomic mass is 10.2. The van der Waals surface area contributed by atoms with Gasteiger partial charge < -0.3 is 20.0 Å². The van der Waals surface area contributed by atoms with E-state index < -0.39 is 0 Å². The number of aldehydes is 1. The first-order valence-electron chi connectivity index (χ1n) is 6.08. The molecule has 20 heavy (non-hydrogen) atoms. The first kappa shape index (κ1) is 12.3. The molecule has 0 saturated carbocycles. The molecular formula is C14H14N4O2. The van der Waals surface area contributed by atoms with Gasteiger partial charge in [0.25, 0.3) is 0 Å². The van der Waals surface area contributed by atoms with Gasteiger partial charge >= 0.3 is 0 Å². The van der Waals surface area contributed by atoms with E-state index in [0.29, 0.717) is 22.8 Å². The summed E-state index contributed by atoms with van der Waals surface area (Å²) >= 11 is 0. The highest BCUT2D eigenvalue weighted by Gasteiger charge is 2.19. The molecule has 1 aromatic carbocycles. The molecule has 2 aromatic heterocycles. The van der Waals surface area contributed by atoms with Crippen LogP contribution in [0.15, 0.2) is 24.4 Å². The normalized spacial score (nSPS) is 11.1. The van der Waals surface area contributed by atoms with Crippen molar-refractivity contribution >= 4 is 23.0 Å². The van der Waals surface area contributed by atoms with Crippen LogP contribution in [0.3, 0.4) is 0 Å². The minimum atomic E-state index is 0.0153. The van der Waals surface area contributed by atoms with E-state index in [1.807, 2.05) is 11.6 Å². The Kier molecular flexibility index (Phi) is 2.53. The fraction of sp³-hybridized carbons (Fsp3) is 0.143. The van der Waals surface area contributed by atoms with Gasteiger partial charge in [-0.1, -0.05) is 0 Å². The molecule has 0 atom stereocenters. The summed E-state index contributed by atoms with van der Waals surface area (Å²) < 4.78 is 3.56. The van der Waals surface area contributed by atoms with Gasteiger partial charge in [0.15, 0.2) is 11.6 Å². The Morgan fingerprint density at radius 3 is 2.70 bits per heavy atom. The van der Waals surface area contributed by atoms with E-state index in [4.69, 9.17) is 5.73 Å². The van der Waals surface area contributed by atoms with Crippen LogP contribution in [0.2, 0.25) is 0 Å². The SMILES string of the molecule is Cn1cc(N)c(O)c1-c1nc2ccc(C=O)cc2n1C. The average molecular weight is 270 g/mol. The molecule has 3 N–H and O–H groups in total. The minimum absolute atomic E-state index is 0.0153. The Labute approximate surface area is 115 Å². The van der Waals surface area contributed by atoms with Crippen LogP contribution in [0.1, 0.15) is 10.4 Å². The molecule has 6 nitrogen and oxygen atoms in total. The highest BCUT2D eigenvalue weighted by atomic mass is 16.3. The van der Waals surface area contributed by atoms with Gasteiger partial charge in [-0.15, -0.1) is 0 Å². The Morgan fingerprint density at radius 2 is 2.10 bits per heavy atom. The maximum absolute atomic E-state index is 10.9. The van der Waals surface area contributed by atoms with Crippen molar-refractivity contribution in [1.82, 2.24) is 14.1 Å². The molecule has 0 fully saturated rings. The van der Waals surface area contributed by atoms with Gasteiger partial charge in [0.2, 0.25) is 0 Å². The summed E-state index contributed by atoms with van der Waals surface area (Å²) in [7, 11) is 3.63. The van der Waals surface area contributed by atoms with Gasteiger partial charge in [0, 0.05) is 25.9 Å². The fourth-order valence-electron chi connectivity index (χ4n) is 2.39. The molecule has 0 aliphatic heterocycles. The number of hydrogen-bond acceptors (Lipinski definition) is 4. The number of hydrogen-bond donors (Lipinski definition) is 2. The first-order valence-corrected chi connectivity index (χ1v) is 6.08. The first-order chi connectivity index (χ1) is 9.52. The molecule has 0 saturated heterocycles. The molecule has 0 aliphatic rings. The zero-order chi connectivity index (χ0) is 14.4. The Bertz CT molecular complexity index is 829. The third kappa shape index (κ3) is 1.58. The second kappa shape index (κ2) is 4.12. The van der Waals surface area contributed by atoms with E-state index in [2.05, 4.69) is 4.98 Å². The van der Waals surface area contributed by atoms with Crippen molar-refractivity contribution in [3.63, 3.8) is 0 Å². The lowest BCUT2D eigenvalue weighted by Crippen LogP contribution is -1.97.